The van der Waals surface area contributed by atoms with Crippen molar-refractivity contribution in [1.29, 1.82) is 5.26 Å². The maximum Gasteiger partial charge on any atom is 0.249 e. The molecular formula is C25H21BrN4O4. The summed E-state index contributed by atoms with van der Waals surface area (Å²) in [5, 5.41) is 15.7. The van der Waals surface area contributed by atoms with Crippen LogP contribution in [-0.4, -0.2) is 25.1 Å². The van der Waals surface area contributed by atoms with E-state index in [0.717, 1.165) is 5.56 Å². The monoisotopic (exact) mass is 520 g/mol. The number of hydrazone groups is 1. The number of rotatable bonds is 9. The summed E-state index contributed by atoms with van der Waals surface area (Å²) >= 11 is 3.45. The molecule has 0 spiro atoms. The highest BCUT2D eigenvalue weighted by atomic mass is 79.9. The van der Waals surface area contributed by atoms with Crippen molar-refractivity contribution in [3.05, 3.63) is 87.9 Å². The predicted octanol–water partition coefficient (Wildman–Crippen LogP) is 4.39. The molecule has 34 heavy (non-hydrogen) atoms. The van der Waals surface area contributed by atoms with Crippen LogP contribution in [0.25, 0.3) is 0 Å². The van der Waals surface area contributed by atoms with Gasteiger partial charge in [0.1, 0.15) is 24.5 Å². The van der Waals surface area contributed by atoms with Gasteiger partial charge in [0, 0.05) is 17.3 Å². The molecule has 3 aromatic carbocycles. The van der Waals surface area contributed by atoms with Crippen LogP contribution in [0.2, 0.25) is 0 Å². The van der Waals surface area contributed by atoms with E-state index in [-0.39, 0.29) is 13.0 Å². The molecule has 0 radical (unpaired) electrons. The molecular weight excluding hydrogens is 500 g/mol. The van der Waals surface area contributed by atoms with Gasteiger partial charge in [-0.1, -0.05) is 24.3 Å². The Balaban J connectivity index is 1.49. The minimum atomic E-state index is -0.549. The number of benzene rings is 3. The summed E-state index contributed by atoms with van der Waals surface area (Å²) in [7, 11) is 1.53. The van der Waals surface area contributed by atoms with E-state index in [0.29, 0.717) is 32.8 Å². The second-order valence-electron chi connectivity index (χ2n) is 7.00. The first-order valence-corrected chi connectivity index (χ1v) is 10.9. The van der Waals surface area contributed by atoms with Gasteiger partial charge in [0.05, 0.1) is 29.4 Å². The molecule has 3 rings (SSSR count). The topological polar surface area (TPSA) is 113 Å². The van der Waals surface area contributed by atoms with Gasteiger partial charge in [-0.05, 0) is 57.9 Å². The van der Waals surface area contributed by atoms with E-state index in [1.54, 1.807) is 54.6 Å². The van der Waals surface area contributed by atoms with Crippen LogP contribution in [0.4, 0.5) is 5.69 Å². The first kappa shape index (κ1) is 24.5. The number of hydrogen-bond acceptors (Lipinski definition) is 6. The molecule has 0 heterocycles. The highest BCUT2D eigenvalue weighted by Gasteiger charge is 2.10. The summed E-state index contributed by atoms with van der Waals surface area (Å²) in [5.74, 6) is 0.180. The van der Waals surface area contributed by atoms with E-state index >= 15 is 0 Å². The van der Waals surface area contributed by atoms with E-state index < -0.39 is 11.8 Å². The molecule has 0 aliphatic heterocycles. The molecule has 0 unspecified atom stereocenters. The van der Waals surface area contributed by atoms with Gasteiger partial charge in [-0.3, -0.25) is 9.59 Å². The zero-order valence-corrected chi connectivity index (χ0v) is 19.8. The van der Waals surface area contributed by atoms with Crippen molar-refractivity contribution in [1.82, 2.24) is 5.43 Å². The lowest BCUT2D eigenvalue weighted by molar-refractivity contribution is -0.126. The number of methoxy groups -OCH3 is 1. The summed E-state index contributed by atoms with van der Waals surface area (Å²) in [6.45, 7) is 0.254. The van der Waals surface area contributed by atoms with Crippen molar-refractivity contribution >= 4 is 39.6 Å². The number of anilines is 1. The van der Waals surface area contributed by atoms with Gasteiger partial charge in [-0.15, -0.1) is 0 Å². The van der Waals surface area contributed by atoms with Gasteiger partial charge in [-0.25, -0.2) is 5.43 Å². The number of nitriles is 1. The van der Waals surface area contributed by atoms with Crippen LogP contribution in [0, 0.1) is 11.3 Å². The van der Waals surface area contributed by atoms with Gasteiger partial charge in [0.2, 0.25) is 11.8 Å². The largest absolute Gasteiger partial charge is 0.497 e. The van der Waals surface area contributed by atoms with Crippen LogP contribution < -0.4 is 20.2 Å². The maximum absolute atomic E-state index is 12.0. The molecule has 0 bridgehead atoms. The number of amides is 2. The van der Waals surface area contributed by atoms with E-state index in [1.807, 2.05) is 12.1 Å². The smallest absolute Gasteiger partial charge is 0.249 e. The van der Waals surface area contributed by atoms with Crippen molar-refractivity contribution in [3.63, 3.8) is 0 Å². The van der Waals surface area contributed by atoms with Crippen molar-refractivity contribution in [2.75, 3.05) is 12.4 Å². The first-order valence-electron chi connectivity index (χ1n) is 10.1. The Bertz CT molecular complexity index is 1250. The molecule has 3 aromatic rings. The molecule has 0 aliphatic carbocycles. The second kappa shape index (κ2) is 12.2. The van der Waals surface area contributed by atoms with E-state index in [2.05, 4.69) is 37.8 Å². The van der Waals surface area contributed by atoms with Crippen LogP contribution in [0.5, 0.6) is 11.5 Å². The summed E-state index contributed by atoms with van der Waals surface area (Å²) in [5.41, 5.74) is 4.93. The zero-order valence-electron chi connectivity index (χ0n) is 18.2. The maximum atomic E-state index is 12.0. The van der Waals surface area contributed by atoms with Crippen molar-refractivity contribution < 1.29 is 19.1 Å². The Morgan fingerprint density at radius 2 is 1.91 bits per heavy atom. The number of halogens is 1. The SMILES string of the molecule is COc1cccc(NC(=O)CC(=O)NN=Cc2ccc(OCc3ccccc3C#N)c(Br)c2)c1. The van der Waals surface area contributed by atoms with Crippen LogP contribution >= 0.6 is 15.9 Å². The predicted molar refractivity (Wildman–Crippen MR) is 132 cm³/mol. The molecule has 0 fully saturated rings. The molecule has 2 amide bonds. The average Bonchev–Trinajstić information content (AvgIpc) is 2.83. The normalized spacial score (nSPS) is 10.4. The van der Waals surface area contributed by atoms with Crippen LogP contribution in [0.3, 0.4) is 0 Å². The summed E-state index contributed by atoms with van der Waals surface area (Å²) < 4.78 is 11.6. The fraction of sp³-hybridized carbons (Fsp3) is 0.120. The van der Waals surface area contributed by atoms with E-state index in [4.69, 9.17) is 9.47 Å². The highest BCUT2D eigenvalue weighted by molar-refractivity contribution is 9.10. The molecule has 0 atom stereocenters. The van der Waals surface area contributed by atoms with Crippen molar-refractivity contribution in [2.45, 2.75) is 13.0 Å². The number of hydrogen-bond donors (Lipinski definition) is 2. The Morgan fingerprint density at radius 3 is 2.68 bits per heavy atom. The summed E-state index contributed by atoms with van der Waals surface area (Å²) in [6.07, 6.45) is 1.08. The number of nitrogens with one attached hydrogen (secondary N) is 2. The van der Waals surface area contributed by atoms with Gasteiger partial charge < -0.3 is 14.8 Å². The average molecular weight is 521 g/mol. The molecule has 0 aliphatic rings. The van der Waals surface area contributed by atoms with Crippen LogP contribution in [0.15, 0.2) is 76.3 Å². The Hall–Kier alpha value is -4.16. The minimum absolute atomic E-state index is 0.254. The molecule has 9 heteroatoms. The zero-order chi connectivity index (χ0) is 24.3. The standard InChI is InChI=1S/C25H21BrN4O4/c1-33-21-8-4-7-20(12-21)29-24(31)13-25(32)30-28-15-17-9-10-23(22(26)11-17)34-16-19-6-3-2-5-18(19)14-27/h2-12,15H,13,16H2,1H3,(H,29,31)(H,30,32). The molecule has 8 nitrogen and oxygen atoms in total. The number of carbonyl (C=O) groups is 2. The summed E-state index contributed by atoms with van der Waals surface area (Å²) in [6, 6.07) is 21.5. The number of ether oxygens (including phenoxy) is 2. The molecule has 0 saturated carbocycles. The first-order chi connectivity index (χ1) is 16.5. The molecule has 0 aromatic heterocycles. The molecule has 2 N–H and O–H groups in total. The third-order valence-electron chi connectivity index (χ3n) is 4.55. The van der Waals surface area contributed by atoms with Crippen LogP contribution in [0.1, 0.15) is 23.1 Å². The fourth-order valence-corrected chi connectivity index (χ4v) is 3.41. The number of carbonyl (C=O) groups excluding carboxylic acids is 2. The van der Waals surface area contributed by atoms with E-state index in [9.17, 15) is 14.9 Å². The van der Waals surface area contributed by atoms with Gasteiger partial charge >= 0.3 is 0 Å². The lowest BCUT2D eigenvalue weighted by Crippen LogP contribution is -2.24. The van der Waals surface area contributed by atoms with Gasteiger partial charge in [0.15, 0.2) is 0 Å². The molecule has 172 valence electrons. The van der Waals surface area contributed by atoms with Gasteiger partial charge in [-0.2, -0.15) is 10.4 Å². The third-order valence-corrected chi connectivity index (χ3v) is 5.17. The Labute approximate surface area is 205 Å². The minimum Gasteiger partial charge on any atom is -0.497 e. The Kier molecular flexibility index (Phi) is 8.77. The third kappa shape index (κ3) is 7.18. The van der Waals surface area contributed by atoms with Crippen molar-refractivity contribution in [3.8, 4) is 17.6 Å². The lowest BCUT2D eigenvalue weighted by Gasteiger charge is -2.10. The lowest BCUT2D eigenvalue weighted by atomic mass is 10.1. The van der Waals surface area contributed by atoms with Crippen LogP contribution in [-0.2, 0) is 16.2 Å². The molecule has 0 saturated heterocycles. The second-order valence-corrected chi connectivity index (χ2v) is 7.85. The fourth-order valence-electron chi connectivity index (χ4n) is 2.90. The summed E-state index contributed by atoms with van der Waals surface area (Å²) in [4.78, 5) is 24.0. The highest BCUT2D eigenvalue weighted by Crippen LogP contribution is 2.26. The number of nitrogens with zero attached hydrogens (tertiary/aromatic N) is 2. The Morgan fingerprint density at radius 1 is 1.09 bits per heavy atom. The quantitative estimate of drug-likeness (QED) is 0.247. The van der Waals surface area contributed by atoms with Crippen molar-refractivity contribution in [2.24, 2.45) is 5.10 Å². The van der Waals surface area contributed by atoms with Gasteiger partial charge in [0.25, 0.3) is 0 Å². The van der Waals surface area contributed by atoms with E-state index in [1.165, 1.54) is 13.3 Å².